The van der Waals surface area contributed by atoms with Gasteiger partial charge in [-0.2, -0.15) is 0 Å². The summed E-state index contributed by atoms with van der Waals surface area (Å²) < 4.78 is 16.8. The lowest BCUT2D eigenvalue weighted by Crippen LogP contribution is -2.41. The zero-order valence-corrected chi connectivity index (χ0v) is 15.6. The molecule has 2 rings (SSSR count). The predicted octanol–water partition coefficient (Wildman–Crippen LogP) is 2.35. The van der Waals surface area contributed by atoms with Crippen LogP contribution in [0.25, 0.3) is 0 Å². The molecule has 0 unspecified atom stereocenters. The average molecular weight is 373 g/mol. The van der Waals surface area contributed by atoms with Crippen molar-refractivity contribution < 1.29 is 23.8 Å². The molecule has 1 aromatic carbocycles. The Hall–Kier alpha value is -3.29. The van der Waals surface area contributed by atoms with E-state index in [1.54, 1.807) is 30.3 Å². The fraction of sp³-hybridized carbons (Fsp3) is 0.316. The van der Waals surface area contributed by atoms with Crippen molar-refractivity contribution in [3.8, 4) is 17.2 Å². The molecule has 0 saturated carbocycles. The van der Waals surface area contributed by atoms with E-state index in [4.69, 9.17) is 14.2 Å². The van der Waals surface area contributed by atoms with Crippen LogP contribution < -0.4 is 25.1 Å². The van der Waals surface area contributed by atoms with Crippen molar-refractivity contribution in [2.45, 2.75) is 20.8 Å². The van der Waals surface area contributed by atoms with Gasteiger partial charge in [-0.25, -0.2) is 0 Å². The number of rotatable bonds is 8. The summed E-state index contributed by atoms with van der Waals surface area (Å²) in [7, 11) is 0. The molecular formula is C19H23N3O5. The van der Waals surface area contributed by atoms with Crippen LogP contribution in [0.15, 0.2) is 36.5 Å². The van der Waals surface area contributed by atoms with Gasteiger partial charge in [0.2, 0.25) is 5.75 Å². The van der Waals surface area contributed by atoms with E-state index < -0.39 is 11.8 Å². The second-order valence-corrected chi connectivity index (χ2v) is 5.22. The number of nitrogens with zero attached hydrogens (tertiary/aromatic N) is 1. The average Bonchev–Trinajstić information content (AvgIpc) is 2.69. The molecule has 0 atom stereocenters. The van der Waals surface area contributed by atoms with Crippen LogP contribution in [-0.4, -0.2) is 36.6 Å². The monoisotopic (exact) mass is 373 g/mol. The Kier molecular flexibility index (Phi) is 7.42. The van der Waals surface area contributed by atoms with E-state index >= 15 is 0 Å². The summed E-state index contributed by atoms with van der Waals surface area (Å²) in [4.78, 5) is 28.4. The second kappa shape index (κ2) is 10.0. The summed E-state index contributed by atoms with van der Waals surface area (Å²) >= 11 is 0. The van der Waals surface area contributed by atoms with Crippen molar-refractivity contribution in [3.05, 3.63) is 47.8 Å². The van der Waals surface area contributed by atoms with Crippen molar-refractivity contribution in [2.75, 3.05) is 19.8 Å². The summed E-state index contributed by atoms with van der Waals surface area (Å²) in [5, 5.41) is 0. The van der Waals surface area contributed by atoms with Gasteiger partial charge in [0.1, 0.15) is 5.69 Å². The largest absolute Gasteiger partial charge is 0.490 e. The number of carbonyl (C=O) groups excluding carboxylic acids is 2. The van der Waals surface area contributed by atoms with Crippen molar-refractivity contribution in [3.63, 3.8) is 0 Å². The first-order valence-electron chi connectivity index (χ1n) is 8.68. The molecule has 0 radical (unpaired) electrons. The van der Waals surface area contributed by atoms with Crippen LogP contribution >= 0.6 is 0 Å². The standard InChI is InChI=1S/C19H23N3O5/c1-4-25-15-11-13(12-16(26-5-2)17(15)27-6-3)18(23)21-22-19(24)14-9-7-8-10-20-14/h7-12H,4-6H2,1-3H3,(H,21,23)(H,22,24). The molecule has 1 aromatic heterocycles. The SMILES string of the molecule is CCOc1cc(C(=O)NNC(=O)c2ccccn2)cc(OCC)c1OCC. The molecule has 0 aliphatic carbocycles. The summed E-state index contributed by atoms with van der Waals surface area (Å²) in [5.41, 5.74) is 5.13. The van der Waals surface area contributed by atoms with Crippen LogP contribution in [0.3, 0.4) is 0 Å². The number of benzene rings is 1. The van der Waals surface area contributed by atoms with E-state index in [1.807, 2.05) is 20.8 Å². The first-order valence-corrected chi connectivity index (χ1v) is 8.68. The first-order chi connectivity index (χ1) is 13.1. The van der Waals surface area contributed by atoms with Crippen molar-refractivity contribution in [1.82, 2.24) is 15.8 Å². The number of hydrazine groups is 1. The smallest absolute Gasteiger partial charge is 0.288 e. The summed E-state index contributed by atoms with van der Waals surface area (Å²) in [5.74, 6) is 0.183. The van der Waals surface area contributed by atoms with E-state index in [0.29, 0.717) is 37.1 Å². The van der Waals surface area contributed by atoms with Gasteiger partial charge >= 0.3 is 0 Å². The Bertz CT molecular complexity index is 753. The van der Waals surface area contributed by atoms with Gasteiger partial charge in [0.15, 0.2) is 11.5 Å². The van der Waals surface area contributed by atoms with Crippen LogP contribution in [-0.2, 0) is 0 Å². The minimum atomic E-state index is -0.524. The first kappa shape index (κ1) is 20.0. The second-order valence-electron chi connectivity index (χ2n) is 5.22. The third kappa shape index (κ3) is 5.34. The minimum absolute atomic E-state index is 0.189. The van der Waals surface area contributed by atoms with Crippen molar-refractivity contribution in [2.24, 2.45) is 0 Å². The lowest BCUT2D eigenvalue weighted by atomic mass is 10.1. The van der Waals surface area contributed by atoms with E-state index in [1.165, 1.54) is 6.20 Å². The number of hydrogen-bond donors (Lipinski definition) is 2. The van der Waals surface area contributed by atoms with Crippen molar-refractivity contribution >= 4 is 11.8 Å². The molecule has 1 heterocycles. The molecule has 8 heteroatoms. The molecule has 144 valence electrons. The molecule has 2 amide bonds. The maximum absolute atomic E-state index is 12.5. The highest BCUT2D eigenvalue weighted by Gasteiger charge is 2.19. The van der Waals surface area contributed by atoms with Crippen LogP contribution in [0.1, 0.15) is 41.6 Å². The Morgan fingerprint density at radius 2 is 1.48 bits per heavy atom. The Morgan fingerprint density at radius 3 is 2.00 bits per heavy atom. The maximum Gasteiger partial charge on any atom is 0.288 e. The highest BCUT2D eigenvalue weighted by Crippen LogP contribution is 2.39. The zero-order valence-electron chi connectivity index (χ0n) is 15.6. The fourth-order valence-corrected chi connectivity index (χ4v) is 2.27. The van der Waals surface area contributed by atoms with E-state index in [0.717, 1.165) is 0 Å². The molecule has 0 saturated heterocycles. The highest BCUT2D eigenvalue weighted by molar-refractivity contribution is 5.99. The van der Waals surface area contributed by atoms with Gasteiger partial charge in [0.05, 0.1) is 19.8 Å². The number of hydrogen-bond acceptors (Lipinski definition) is 6. The van der Waals surface area contributed by atoms with Crippen LogP contribution in [0, 0.1) is 0 Å². The molecular weight excluding hydrogens is 350 g/mol. The van der Waals surface area contributed by atoms with Gasteiger partial charge < -0.3 is 14.2 Å². The Labute approximate surface area is 157 Å². The Morgan fingerprint density at radius 1 is 0.889 bits per heavy atom. The van der Waals surface area contributed by atoms with Gasteiger partial charge in [0, 0.05) is 11.8 Å². The molecule has 2 N–H and O–H groups in total. The zero-order chi connectivity index (χ0) is 19.6. The fourth-order valence-electron chi connectivity index (χ4n) is 2.27. The van der Waals surface area contributed by atoms with E-state index in [-0.39, 0.29) is 11.3 Å². The molecule has 27 heavy (non-hydrogen) atoms. The molecule has 0 aliphatic heterocycles. The predicted molar refractivity (Wildman–Crippen MR) is 99.1 cm³/mol. The minimum Gasteiger partial charge on any atom is -0.490 e. The number of aromatic nitrogens is 1. The molecule has 2 aromatic rings. The van der Waals surface area contributed by atoms with Gasteiger partial charge in [0.25, 0.3) is 11.8 Å². The highest BCUT2D eigenvalue weighted by atomic mass is 16.5. The Balaban J connectivity index is 2.20. The molecule has 8 nitrogen and oxygen atoms in total. The lowest BCUT2D eigenvalue weighted by molar-refractivity contribution is 0.0843. The maximum atomic E-state index is 12.5. The van der Waals surface area contributed by atoms with Crippen LogP contribution in [0.4, 0.5) is 0 Å². The van der Waals surface area contributed by atoms with Crippen LogP contribution in [0.2, 0.25) is 0 Å². The number of amides is 2. The van der Waals surface area contributed by atoms with Gasteiger partial charge in [-0.3, -0.25) is 25.4 Å². The molecule has 0 aliphatic rings. The molecule has 0 bridgehead atoms. The summed E-state index contributed by atoms with van der Waals surface area (Å²) in [6.07, 6.45) is 1.49. The quantitative estimate of drug-likeness (QED) is 0.689. The lowest BCUT2D eigenvalue weighted by Gasteiger charge is -2.17. The van der Waals surface area contributed by atoms with Gasteiger partial charge in [-0.15, -0.1) is 0 Å². The molecule has 0 fully saturated rings. The van der Waals surface area contributed by atoms with E-state index in [9.17, 15) is 9.59 Å². The van der Waals surface area contributed by atoms with Crippen LogP contribution in [0.5, 0.6) is 17.2 Å². The number of nitrogens with one attached hydrogen (secondary N) is 2. The van der Waals surface area contributed by atoms with Gasteiger partial charge in [-0.1, -0.05) is 6.07 Å². The topological polar surface area (TPSA) is 98.8 Å². The third-order valence-electron chi connectivity index (χ3n) is 3.36. The number of ether oxygens (including phenoxy) is 3. The number of pyridine rings is 1. The summed E-state index contributed by atoms with van der Waals surface area (Å²) in [6, 6.07) is 8.00. The molecule has 0 spiro atoms. The van der Waals surface area contributed by atoms with Crippen molar-refractivity contribution in [1.29, 1.82) is 0 Å². The van der Waals surface area contributed by atoms with Gasteiger partial charge in [-0.05, 0) is 45.0 Å². The summed E-state index contributed by atoms with van der Waals surface area (Å²) in [6.45, 7) is 6.72. The third-order valence-corrected chi connectivity index (χ3v) is 3.36. The normalized spacial score (nSPS) is 10.0. The number of carbonyl (C=O) groups is 2. The van der Waals surface area contributed by atoms with E-state index in [2.05, 4.69) is 15.8 Å².